The summed E-state index contributed by atoms with van der Waals surface area (Å²) in [6.07, 6.45) is 11.0. The molecule has 0 saturated heterocycles. The van der Waals surface area contributed by atoms with Crippen LogP contribution in [0.1, 0.15) is 64.7 Å². The Morgan fingerprint density at radius 2 is 1.47 bits per heavy atom. The van der Waals surface area contributed by atoms with E-state index >= 15 is 0 Å². The van der Waals surface area contributed by atoms with Crippen molar-refractivity contribution in [2.24, 2.45) is 5.92 Å². The normalized spacial score (nSPS) is 35.4. The van der Waals surface area contributed by atoms with Crippen molar-refractivity contribution in [3.05, 3.63) is 0 Å². The Hall–Kier alpha value is 0.440. The highest BCUT2D eigenvalue weighted by Gasteiger charge is 2.31. The molecular formula is C14H25ClOS. The zero-order valence-corrected chi connectivity index (χ0v) is 12.4. The first kappa shape index (κ1) is 13.9. The summed E-state index contributed by atoms with van der Waals surface area (Å²) >= 11 is 6.16. The zero-order valence-electron chi connectivity index (χ0n) is 10.9. The van der Waals surface area contributed by atoms with Crippen LogP contribution in [-0.2, 0) is 10.8 Å². The second kappa shape index (κ2) is 6.56. The summed E-state index contributed by atoms with van der Waals surface area (Å²) < 4.78 is 12.5. The van der Waals surface area contributed by atoms with Crippen molar-refractivity contribution in [3.8, 4) is 0 Å². The van der Waals surface area contributed by atoms with E-state index in [4.69, 9.17) is 11.6 Å². The smallest absolute Gasteiger partial charge is 0.0351 e. The Balaban J connectivity index is 1.81. The second-order valence-corrected chi connectivity index (χ2v) is 8.48. The van der Waals surface area contributed by atoms with Crippen molar-refractivity contribution in [1.29, 1.82) is 0 Å². The number of rotatable bonds is 3. The highest BCUT2D eigenvalue weighted by Crippen LogP contribution is 2.34. The van der Waals surface area contributed by atoms with Crippen molar-refractivity contribution in [2.75, 3.05) is 0 Å². The maximum absolute atomic E-state index is 12.5. The lowest BCUT2D eigenvalue weighted by molar-refractivity contribution is 0.355. The minimum Gasteiger partial charge on any atom is -0.259 e. The topological polar surface area (TPSA) is 17.1 Å². The van der Waals surface area contributed by atoms with Crippen LogP contribution >= 0.6 is 11.6 Å². The van der Waals surface area contributed by atoms with Crippen molar-refractivity contribution in [2.45, 2.75) is 80.6 Å². The molecule has 1 nitrogen and oxygen atoms in total. The van der Waals surface area contributed by atoms with Gasteiger partial charge in [0, 0.05) is 26.7 Å². The van der Waals surface area contributed by atoms with Crippen molar-refractivity contribution < 1.29 is 4.21 Å². The van der Waals surface area contributed by atoms with Gasteiger partial charge in [-0.3, -0.25) is 4.21 Å². The van der Waals surface area contributed by atoms with E-state index in [0.29, 0.717) is 21.8 Å². The van der Waals surface area contributed by atoms with Gasteiger partial charge in [-0.25, -0.2) is 0 Å². The van der Waals surface area contributed by atoms with Crippen LogP contribution in [0.15, 0.2) is 0 Å². The third kappa shape index (κ3) is 3.70. The molecule has 0 aromatic heterocycles. The van der Waals surface area contributed by atoms with Crippen LogP contribution in [-0.4, -0.2) is 20.1 Å². The van der Waals surface area contributed by atoms with E-state index in [9.17, 15) is 4.21 Å². The van der Waals surface area contributed by atoms with Crippen LogP contribution in [0.3, 0.4) is 0 Å². The fraction of sp³-hybridized carbons (Fsp3) is 1.00. The van der Waals surface area contributed by atoms with Gasteiger partial charge in [0.05, 0.1) is 0 Å². The third-order valence-corrected chi connectivity index (χ3v) is 7.19. The van der Waals surface area contributed by atoms with Gasteiger partial charge in [0.25, 0.3) is 0 Å². The average molecular weight is 277 g/mol. The van der Waals surface area contributed by atoms with Crippen LogP contribution < -0.4 is 0 Å². The highest BCUT2D eigenvalue weighted by atomic mass is 35.5. The molecule has 0 amide bonds. The third-order valence-electron chi connectivity index (χ3n) is 4.58. The molecule has 0 radical (unpaired) electrons. The SMILES string of the molecule is CC(Cl)C1CCC(S(=O)C2CCCCC2)CC1. The lowest BCUT2D eigenvalue weighted by Crippen LogP contribution is -2.32. The summed E-state index contributed by atoms with van der Waals surface area (Å²) in [6, 6.07) is 0. The van der Waals surface area contributed by atoms with Crippen LogP contribution in [0.25, 0.3) is 0 Å². The Morgan fingerprint density at radius 3 is 2.00 bits per heavy atom. The first-order chi connectivity index (χ1) is 8.18. The van der Waals surface area contributed by atoms with Gasteiger partial charge in [0.15, 0.2) is 0 Å². The van der Waals surface area contributed by atoms with Gasteiger partial charge in [-0.15, -0.1) is 11.6 Å². The minimum absolute atomic E-state index is 0.291. The molecule has 2 rings (SSSR count). The molecule has 0 heterocycles. The molecule has 2 aliphatic rings. The Labute approximate surface area is 113 Å². The first-order valence-electron chi connectivity index (χ1n) is 7.22. The van der Waals surface area contributed by atoms with Gasteiger partial charge in [-0.2, -0.15) is 0 Å². The molecule has 2 fully saturated rings. The van der Waals surface area contributed by atoms with Gasteiger partial charge in [-0.05, 0) is 51.4 Å². The molecule has 2 unspecified atom stereocenters. The number of hydrogen-bond acceptors (Lipinski definition) is 1. The number of hydrogen-bond donors (Lipinski definition) is 0. The Morgan fingerprint density at radius 1 is 0.941 bits per heavy atom. The van der Waals surface area contributed by atoms with E-state index in [0.717, 1.165) is 12.8 Å². The zero-order chi connectivity index (χ0) is 12.3. The summed E-state index contributed by atoms with van der Waals surface area (Å²) in [5.74, 6) is 0.663. The maximum atomic E-state index is 12.5. The number of halogens is 1. The van der Waals surface area contributed by atoms with Gasteiger partial charge in [-0.1, -0.05) is 19.3 Å². The fourth-order valence-corrected chi connectivity index (χ4v) is 5.68. The summed E-state index contributed by atoms with van der Waals surface area (Å²) in [6.45, 7) is 2.10. The summed E-state index contributed by atoms with van der Waals surface area (Å²) in [4.78, 5) is 0. The van der Waals surface area contributed by atoms with Crippen molar-refractivity contribution in [3.63, 3.8) is 0 Å². The Bertz CT molecular complexity index is 253. The van der Waals surface area contributed by atoms with Crippen LogP contribution in [0.2, 0.25) is 0 Å². The predicted octanol–water partition coefficient (Wildman–Crippen LogP) is 4.25. The molecule has 0 bridgehead atoms. The molecule has 0 aliphatic heterocycles. The highest BCUT2D eigenvalue weighted by molar-refractivity contribution is 7.86. The van der Waals surface area contributed by atoms with Crippen molar-refractivity contribution in [1.82, 2.24) is 0 Å². The molecule has 0 N–H and O–H groups in total. The molecule has 2 aliphatic carbocycles. The quantitative estimate of drug-likeness (QED) is 0.704. The van der Waals surface area contributed by atoms with Gasteiger partial charge < -0.3 is 0 Å². The molecule has 0 aromatic carbocycles. The largest absolute Gasteiger partial charge is 0.259 e. The molecule has 3 heteroatoms. The summed E-state index contributed by atoms with van der Waals surface area (Å²) in [5, 5.41) is 1.28. The fourth-order valence-electron chi connectivity index (χ4n) is 3.35. The lowest BCUT2D eigenvalue weighted by atomic mass is 9.87. The van der Waals surface area contributed by atoms with Gasteiger partial charge >= 0.3 is 0 Å². The molecule has 0 spiro atoms. The molecule has 100 valence electrons. The van der Waals surface area contributed by atoms with E-state index in [-0.39, 0.29) is 0 Å². The monoisotopic (exact) mass is 276 g/mol. The van der Waals surface area contributed by atoms with E-state index in [1.54, 1.807) is 0 Å². The lowest BCUT2D eigenvalue weighted by Gasteiger charge is -2.32. The minimum atomic E-state index is -0.564. The molecule has 0 aromatic rings. The average Bonchev–Trinajstić information content (AvgIpc) is 2.39. The van der Waals surface area contributed by atoms with Gasteiger partial charge in [0.2, 0.25) is 0 Å². The van der Waals surface area contributed by atoms with Crippen LogP contribution in [0.4, 0.5) is 0 Å². The molecular weight excluding hydrogens is 252 g/mol. The van der Waals surface area contributed by atoms with E-state index < -0.39 is 10.8 Å². The van der Waals surface area contributed by atoms with E-state index in [1.807, 2.05) is 0 Å². The van der Waals surface area contributed by atoms with Gasteiger partial charge in [0.1, 0.15) is 0 Å². The van der Waals surface area contributed by atoms with E-state index in [2.05, 4.69) is 6.92 Å². The first-order valence-corrected chi connectivity index (χ1v) is 8.93. The Kier molecular flexibility index (Phi) is 5.35. The number of alkyl halides is 1. The molecule has 2 saturated carbocycles. The predicted molar refractivity (Wildman–Crippen MR) is 76.1 cm³/mol. The maximum Gasteiger partial charge on any atom is 0.0351 e. The van der Waals surface area contributed by atoms with Crippen LogP contribution in [0, 0.1) is 5.92 Å². The standard InChI is InChI=1S/C14H25ClOS/c1-11(15)12-7-9-14(10-8-12)17(16)13-5-3-2-4-6-13/h11-14H,2-10H2,1H3. The second-order valence-electron chi connectivity index (χ2n) is 5.80. The molecule has 17 heavy (non-hydrogen) atoms. The van der Waals surface area contributed by atoms with Crippen LogP contribution in [0.5, 0.6) is 0 Å². The van der Waals surface area contributed by atoms with E-state index in [1.165, 1.54) is 44.9 Å². The summed E-state index contributed by atoms with van der Waals surface area (Å²) in [5.41, 5.74) is 0. The molecule has 2 atom stereocenters. The summed E-state index contributed by atoms with van der Waals surface area (Å²) in [7, 11) is -0.564. The van der Waals surface area contributed by atoms with Crippen molar-refractivity contribution >= 4 is 22.4 Å².